The van der Waals surface area contributed by atoms with Crippen molar-refractivity contribution in [3.63, 3.8) is 0 Å². The van der Waals surface area contributed by atoms with E-state index in [1.54, 1.807) is 51.1 Å². The van der Waals surface area contributed by atoms with Crippen LogP contribution in [0.2, 0.25) is 0 Å². The number of aliphatic hydroxyl groups is 1. The van der Waals surface area contributed by atoms with Crippen LogP contribution in [-0.2, 0) is 33.4 Å². The SMILES string of the molecule is CC(=O)N[C@@]1(Oc2ccccc2)C(=O)N(C(O)C(=O)OC(C)(C)C)[C@@H]1SCC(=O)C1CCOC1=O. The highest BCUT2D eigenvalue weighted by molar-refractivity contribution is 8.00. The summed E-state index contributed by atoms with van der Waals surface area (Å²) in [6.45, 7) is 6.11. The highest BCUT2D eigenvalue weighted by Gasteiger charge is 2.68. The molecule has 2 heterocycles. The van der Waals surface area contributed by atoms with Crippen molar-refractivity contribution >= 4 is 41.3 Å². The third-order valence-corrected chi connectivity index (χ3v) is 6.45. The summed E-state index contributed by atoms with van der Waals surface area (Å²) >= 11 is 0.844. The number of esters is 2. The van der Waals surface area contributed by atoms with Crippen LogP contribution in [0.4, 0.5) is 0 Å². The Morgan fingerprint density at radius 1 is 1.26 bits per heavy atom. The van der Waals surface area contributed by atoms with Crippen LogP contribution < -0.4 is 10.1 Å². The van der Waals surface area contributed by atoms with Gasteiger partial charge in [-0.05, 0) is 32.9 Å². The van der Waals surface area contributed by atoms with Gasteiger partial charge in [0.15, 0.2) is 11.2 Å². The fraction of sp³-hybridized carbons (Fsp3) is 0.522. The van der Waals surface area contributed by atoms with Crippen molar-refractivity contribution in [3.8, 4) is 5.75 Å². The van der Waals surface area contributed by atoms with Crippen LogP contribution in [0.5, 0.6) is 5.75 Å². The second kappa shape index (κ2) is 10.2. The lowest BCUT2D eigenvalue weighted by atomic mass is 10.0. The van der Waals surface area contributed by atoms with E-state index in [-0.39, 0.29) is 24.5 Å². The zero-order chi connectivity index (χ0) is 26.0. The Morgan fingerprint density at radius 2 is 1.91 bits per heavy atom. The maximum Gasteiger partial charge on any atom is 0.357 e. The predicted molar refractivity (Wildman–Crippen MR) is 123 cm³/mol. The molecule has 2 aliphatic heterocycles. The van der Waals surface area contributed by atoms with E-state index in [0.717, 1.165) is 16.7 Å². The Morgan fingerprint density at radius 3 is 2.46 bits per heavy atom. The van der Waals surface area contributed by atoms with E-state index in [2.05, 4.69) is 5.32 Å². The molecule has 0 aromatic heterocycles. The molecule has 2 aliphatic rings. The second-order valence-electron chi connectivity index (χ2n) is 9.09. The molecule has 2 fully saturated rings. The van der Waals surface area contributed by atoms with Crippen molar-refractivity contribution in [3.05, 3.63) is 30.3 Å². The van der Waals surface area contributed by atoms with Gasteiger partial charge in [0, 0.05) is 13.3 Å². The van der Waals surface area contributed by atoms with Crippen molar-refractivity contribution in [2.45, 2.75) is 57.0 Å². The minimum absolute atomic E-state index is 0.137. The molecule has 2 amide bonds. The van der Waals surface area contributed by atoms with Gasteiger partial charge in [-0.3, -0.25) is 24.1 Å². The van der Waals surface area contributed by atoms with E-state index >= 15 is 0 Å². The van der Waals surface area contributed by atoms with Crippen molar-refractivity contribution < 1.29 is 43.3 Å². The number of ketones is 1. The molecule has 0 spiro atoms. The molecule has 0 bridgehead atoms. The van der Waals surface area contributed by atoms with Gasteiger partial charge in [-0.15, -0.1) is 11.8 Å². The fourth-order valence-corrected chi connectivity index (χ4v) is 5.00. The number of aliphatic hydroxyl groups excluding tert-OH is 1. The number of Topliss-reactive ketones (excluding diaryl/α,β-unsaturated/α-hetero) is 1. The summed E-state index contributed by atoms with van der Waals surface area (Å²) in [6.07, 6.45) is -1.78. The summed E-state index contributed by atoms with van der Waals surface area (Å²) in [6, 6.07) is 8.16. The van der Waals surface area contributed by atoms with E-state index in [9.17, 15) is 29.1 Å². The van der Waals surface area contributed by atoms with Crippen LogP contribution in [0.15, 0.2) is 30.3 Å². The maximum atomic E-state index is 13.3. The molecule has 3 rings (SSSR count). The number of benzene rings is 1. The number of β-lactam (4-membered cyclic amide) rings is 1. The summed E-state index contributed by atoms with van der Waals surface area (Å²) in [5.41, 5.74) is -2.96. The van der Waals surface area contributed by atoms with Gasteiger partial charge in [-0.2, -0.15) is 0 Å². The lowest BCUT2D eigenvalue weighted by Crippen LogP contribution is -2.83. The zero-order valence-electron chi connectivity index (χ0n) is 19.8. The number of carbonyl (C=O) groups excluding carboxylic acids is 5. The number of cyclic esters (lactones) is 1. The van der Waals surface area contributed by atoms with Crippen molar-refractivity contribution in [2.75, 3.05) is 12.4 Å². The molecule has 190 valence electrons. The van der Waals surface area contributed by atoms with Gasteiger partial charge < -0.3 is 24.6 Å². The monoisotopic (exact) mass is 508 g/mol. The lowest BCUT2D eigenvalue weighted by molar-refractivity contribution is -0.212. The molecule has 1 aromatic rings. The molecule has 0 saturated carbocycles. The van der Waals surface area contributed by atoms with Gasteiger partial charge in [-0.1, -0.05) is 18.2 Å². The van der Waals surface area contributed by atoms with Crippen LogP contribution in [-0.4, -0.2) is 74.8 Å². The van der Waals surface area contributed by atoms with E-state index in [0.29, 0.717) is 0 Å². The van der Waals surface area contributed by atoms with Gasteiger partial charge >= 0.3 is 11.9 Å². The molecule has 2 N–H and O–H groups in total. The minimum Gasteiger partial charge on any atom is -0.465 e. The second-order valence-corrected chi connectivity index (χ2v) is 10.2. The molecular weight excluding hydrogens is 480 g/mol. The summed E-state index contributed by atoms with van der Waals surface area (Å²) < 4.78 is 15.9. The number of amides is 2. The first-order chi connectivity index (χ1) is 16.4. The summed E-state index contributed by atoms with van der Waals surface area (Å²) in [5.74, 6) is -4.64. The molecule has 35 heavy (non-hydrogen) atoms. The Bertz CT molecular complexity index is 1010. The standard InChI is InChI=1S/C23H28N2O9S/c1-13(26)24-23(33-14-8-6-5-7-9-14)20(31)25(17(28)19(30)34-22(2,3)4)21(23)35-12-16(27)15-10-11-32-18(15)29/h5-9,15,17,21,28H,10-12H2,1-4H3,(H,24,26)/t15?,17?,21-,23-/m1/s1. The van der Waals surface area contributed by atoms with Crippen LogP contribution in [0.25, 0.3) is 0 Å². The lowest BCUT2D eigenvalue weighted by Gasteiger charge is -2.54. The first kappa shape index (κ1) is 26.5. The molecule has 0 aliphatic carbocycles. The molecule has 2 unspecified atom stereocenters. The number of ether oxygens (including phenoxy) is 3. The Kier molecular flexibility index (Phi) is 7.75. The van der Waals surface area contributed by atoms with Crippen molar-refractivity contribution in [1.82, 2.24) is 10.2 Å². The fourth-order valence-electron chi connectivity index (χ4n) is 3.66. The number of likely N-dealkylation sites (tertiary alicyclic amines) is 1. The van der Waals surface area contributed by atoms with Crippen molar-refractivity contribution in [2.24, 2.45) is 5.92 Å². The normalized spacial score (nSPS) is 24.8. The quantitative estimate of drug-likeness (QED) is 0.210. The van der Waals surface area contributed by atoms with Crippen LogP contribution in [0.1, 0.15) is 34.1 Å². The topological polar surface area (TPSA) is 149 Å². The van der Waals surface area contributed by atoms with E-state index in [1.807, 2.05) is 0 Å². The number of carbonyl (C=O) groups is 5. The molecule has 0 radical (unpaired) electrons. The van der Waals surface area contributed by atoms with Crippen LogP contribution >= 0.6 is 11.8 Å². The molecule has 11 nitrogen and oxygen atoms in total. The number of nitrogens with zero attached hydrogens (tertiary/aromatic N) is 1. The largest absolute Gasteiger partial charge is 0.465 e. The molecule has 4 atom stereocenters. The average Bonchev–Trinajstić information content (AvgIpc) is 3.20. The smallest absolute Gasteiger partial charge is 0.357 e. The number of rotatable bonds is 9. The van der Waals surface area contributed by atoms with E-state index in [4.69, 9.17) is 14.2 Å². The van der Waals surface area contributed by atoms with Crippen LogP contribution in [0.3, 0.4) is 0 Å². The van der Waals surface area contributed by atoms with Gasteiger partial charge in [-0.25, -0.2) is 4.79 Å². The maximum absolute atomic E-state index is 13.3. The van der Waals surface area contributed by atoms with E-state index < -0.39 is 58.4 Å². The number of hydrogen-bond donors (Lipinski definition) is 2. The number of nitrogens with one attached hydrogen (secondary N) is 1. The highest BCUT2D eigenvalue weighted by atomic mass is 32.2. The Hall–Kier alpha value is -3.12. The van der Waals surface area contributed by atoms with Gasteiger partial charge in [0.05, 0.1) is 12.4 Å². The number of thioether (sulfide) groups is 1. The van der Waals surface area contributed by atoms with Crippen molar-refractivity contribution in [1.29, 1.82) is 0 Å². The molecular formula is C23H28N2O9S. The van der Waals surface area contributed by atoms with Gasteiger partial charge in [0.1, 0.15) is 17.3 Å². The van der Waals surface area contributed by atoms with E-state index in [1.165, 1.54) is 6.92 Å². The highest BCUT2D eigenvalue weighted by Crippen LogP contribution is 2.42. The Balaban J connectivity index is 1.91. The summed E-state index contributed by atoms with van der Waals surface area (Å²) in [5, 5.41) is 12.0. The third-order valence-electron chi connectivity index (χ3n) is 5.12. The van der Waals surface area contributed by atoms with Gasteiger partial charge in [0.25, 0.3) is 11.6 Å². The average molecular weight is 509 g/mol. The first-order valence-corrected chi connectivity index (χ1v) is 12.0. The molecule has 1 aromatic carbocycles. The predicted octanol–water partition coefficient (Wildman–Crippen LogP) is 0.592. The summed E-state index contributed by atoms with van der Waals surface area (Å²) in [7, 11) is 0. The molecule has 12 heteroatoms. The minimum atomic E-state index is -2.02. The number of hydrogen-bond acceptors (Lipinski definition) is 10. The van der Waals surface area contributed by atoms with Crippen LogP contribution in [0, 0.1) is 5.92 Å². The van der Waals surface area contributed by atoms with Gasteiger partial charge in [0.2, 0.25) is 12.1 Å². The first-order valence-electron chi connectivity index (χ1n) is 10.9. The summed E-state index contributed by atoms with van der Waals surface area (Å²) in [4.78, 5) is 63.2. The Labute approximate surface area is 206 Å². The molecule has 2 saturated heterocycles. The third kappa shape index (κ3) is 5.76. The number of para-hydroxylation sites is 1. The zero-order valence-corrected chi connectivity index (χ0v) is 20.6.